The number of benzene rings is 3. The highest BCUT2D eigenvalue weighted by Crippen LogP contribution is 2.33. The molecule has 4 rings (SSSR count). The molecule has 0 aliphatic heterocycles. The third-order valence-corrected chi connectivity index (χ3v) is 4.55. The number of fused-ring (bicyclic) bond motifs is 1. The van der Waals surface area contributed by atoms with Crippen LogP contribution in [0.15, 0.2) is 66.7 Å². The third kappa shape index (κ3) is 3.47. The van der Waals surface area contributed by atoms with Gasteiger partial charge in [-0.3, -0.25) is 0 Å². The molecular formula is C23H21N3O2. The summed E-state index contributed by atoms with van der Waals surface area (Å²) in [6.45, 7) is 2.07. The normalized spacial score (nSPS) is 10.7. The molecule has 0 amide bonds. The number of nitrogens with zero attached hydrogens (tertiary/aromatic N) is 2. The summed E-state index contributed by atoms with van der Waals surface area (Å²) in [6.07, 6.45) is 0. The smallest absolute Gasteiger partial charge is 0.228 e. The number of rotatable bonds is 5. The van der Waals surface area contributed by atoms with E-state index in [0.29, 0.717) is 11.7 Å². The van der Waals surface area contributed by atoms with Gasteiger partial charge in [-0.05, 0) is 31.2 Å². The molecule has 0 aliphatic carbocycles. The van der Waals surface area contributed by atoms with E-state index in [9.17, 15) is 0 Å². The van der Waals surface area contributed by atoms with Gasteiger partial charge in [0.15, 0.2) is 0 Å². The maximum Gasteiger partial charge on any atom is 0.228 e. The molecule has 0 bridgehead atoms. The van der Waals surface area contributed by atoms with E-state index in [1.165, 1.54) is 5.56 Å². The lowest BCUT2D eigenvalue weighted by molar-refractivity contribution is 0.405. The number of hydrogen-bond acceptors (Lipinski definition) is 5. The van der Waals surface area contributed by atoms with Gasteiger partial charge in [0.05, 0.1) is 31.1 Å². The molecule has 0 fully saturated rings. The fourth-order valence-corrected chi connectivity index (χ4v) is 3.15. The Morgan fingerprint density at radius 1 is 0.821 bits per heavy atom. The molecule has 4 aromatic rings. The minimum atomic E-state index is 0.502. The van der Waals surface area contributed by atoms with Crippen molar-refractivity contribution < 1.29 is 9.47 Å². The monoisotopic (exact) mass is 371 g/mol. The van der Waals surface area contributed by atoms with Gasteiger partial charge in [0.25, 0.3) is 0 Å². The Bertz CT molecular complexity index is 1130. The zero-order chi connectivity index (χ0) is 19.5. The summed E-state index contributed by atoms with van der Waals surface area (Å²) in [5.74, 6) is 1.92. The van der Waals surface area contributed by atoms with E-state index in [4.69, 9.17) is 19.4 Å². The molecule has 1 aromatic heterocycles. The first-order chi connectivity index (χ1) is 13.7. The van der Waals surface area contributed by atoms with Gasteiger partial charge >= 0.3 is 0 Å². The predicted octanol–water partition coefficient (Wildman–Crippen LogP) is 5.37. The number of aryl methyl sites for hydroxylation is 1. The van der Waals surface area contributed by atoms with Crippen LogP contribution in [-0.2, 0) is 0 Å². The summed E-state index contributed by atoms with van der Waals surface area (Å²) in [5, 5.41) is 4.31. The fraction of sp³-hybridized carbons (Fsp3) is 0.130. The second-order valence-electron chi connectivity index (χ2n) is 6.47. The molecule has 1 N–H and O–H groups in total. The summed E-state index contributed by atoms with van der Waals surface area (Å²) in [6, 6.07) is 21.9. The Kier molecular flexibility index (Phi) is 4.81. The molecule has 0 saturated heterocycles. The summed E-state index contributed by atoms with van der Waals surface area (Å²) in [5.41, 5.74) is 4.72. The summed E-state index contributed by atoms with van der Waals surface area (Å²) < 4.78 is 10.8. The van der Waals surface area contributed by atoms with Crippen LogP contribution in [0.4, 0.5) is 11.6 Å². The lowest BCUT2D eigenvalue weighted by Gasteiger charge is -2.14. The second kappa shape index (κ2) is 7.56. The molecule has 0 unspecified atom stereocenters. The Morgan fingerprint density at radius 2 is 1.64 bits per heavy atom. The van der Waals surface area contributed by atoms with E-state index >= 15 is 0 Å². The molecule has 5 nitrogen and oxygen atoms in total. The standard InChI is InChI=1S/C23H21N3O2/c1-15-9-11-19-18(13-15)22(16-7-5-4-6-8-16)26-23(24-19)25-20-14-17(27-2)10-12-21(20)28-3/h4-14H,1-3H3,(H,24,25,26). The summed E-state index contributed by atoms with van der Waals surface area (Å²) in [7, 11) is 3.26. The topological polar surface area (TPSA) is 56.3 Å². The SMILES string of the molecule is COc1ccc(OC)c(Nc2nc(-c3ccccc3)c3cc(C)ccc3n2)c1. The van der Waals surface area contributed by atoms with Crippen LogP contribution in [0.25, 0.3) is 22.2 Å². The Labute approximate surface area is 164 Å². The molecule has 3 aromatic carbocycles. The Hall–Kier alpha value is -3.60. The average molecular weight is 371 g/mol. The lowest BCUT2D eigenvalue weighted by Crippen LogP contribution is -2.02. The van der Waals surface area contributed by atoms with Crippen molar-refractivity contribution in [2.24, 2.45) is 0 Å². The van der Waals surface area contributed by atoms with Crippen molar-refractivity contribution in [2.75, 3.05) is 19.5 Å². The first kappa shape index (κ1) is 17.8. The van der Waals surface area contributed by atoms with E-state index in [-0.39, 0.29) is 0 Å². The van der Waals surface area contributed by atoms with Gasteiger partial charge in [-0.2, -0.15) is 0 Å². The highest BCUT2D eigenvalue weighted by molar-refractivity contribution is 5.93. The van der Waals surface area contributed by atoms with E-state index in [2.05, 4.69) is 36.5 Å². The minimum Gasteiger partial charge on any atom is -0.497 e. The van der Waals surface area contributed by atoms with Crippen molar-refractivity contribution in [3.05, 3.63) is 72.3 Å². The van der Waals surface area contributed by atoms with Crippen molar-refractivity contribution >= 4 is 22.5 Å². The van der Waals surface area contributed by atoms with Crippen LogP contribution in [0.1, 0.15) is 5.56 Å². The van der Waals surface area contributed by atoms with E-state index < -0.39 is 0 Å². The number of methoxy groups -OCH3 is 2. The number of ether oxygens (including phenoxy) is 2. The number of nitrogens with one attached hydrogen (secondary N) is 1. The Balaban J connectivity index is 1.86. The molecule has 0 aliphatic rings. The van der Waals surface area contributed by atoms with Gasteiger partial charge in [-0.1, -0.05) is 42.0 Å². The molecule has 0 saturated carbocycles. The van der Waals surface area contributed by atoms with Crippen LogP contribution >= 0.6 is 0 Å². The largest absolute Gasteiger partial charge is 0.497 e. The van der Waals surface area contributed by atoms with Crippen molar-refractivity contribution in [3.8, 4) is 22.8 Å². The van der Waals surface area contributed by atoms with Crippen molar-refractivity contribution in [1.29, 1.82) is 0 Å². The Morgan fingerprint density at radius 3 is 2.39 bits per heavy atom. The van der Waals surface area contributed by atoms with Gasteiger partial charge in [0, 0.05) is 17.0 Å². The molecular weight excluding hydrogens is 350 g/mol. The van der Waals surface area contributed by atoms with Crippen LogP contribution in [0.2, 0.25) is 0 Å². The molecule has 0 spiro atoms. The lowest BCUT2D eigenvalue weighted by atomic mass is 10.0. The number of anilines is 2. The predicted molar refractivity (Wildman–Crippen MR) is 113 cm³/mol. The maximum absolute atomic E-state index is 5.46. The van der Waals surface area contributed by atoms with Crippen LogP contribution < -0.4 is 14.8 Å². The number of aromatic nitrogens is 2. The first-order valence-corrected chi connectivity index (χ1v) is 9.01. The molecule has 1 heterocycles. The zero-order valence-electron chi connectivity index (χ0n) is 16.1. The molecule has 5 heteroatoms. The minimum absolute atomic E-state index is 0.502. The second-order valence-corrected chi connectivity index (χ2v) is 6.47. The highest BCUT2D eigenvalue weighted by atomic mass is 16.5. The summed E-state index contributed by atoms with van der Waals surface area (Å²) in [4.78, 5) is 9.53. The van der Waals surface area contributed by atoms with Crippen molar-refractivity contribution in [1.82, 2.24) is 9.97 Å². The van der Waals surface area contributed by atoms with Gasteiger partial charge in [0.1, 0.15) is 11.5 Å². The van der Waals surface area contributed by atoms with Crippen molar-refractivity contribution in [3.63, 3.8) is 0 Å². The molecule has 0 radical (unpaired) electrons. The van der Waals surface area contributed by atoms with E-state index in [1.807, 2.05) is 42.5 Å². The van der Waals surface area contributed by atoms with Crippen LogP contribution in [-0.4, -0.2) is 24.2 Å². The third-order valence-electron chi connectivity index (χ3n) is 4.55. The average Bonchev–Trinajstić information content (AvgIpc) is 2.74. The highest BCUT2D eigenvalue weighted by Gasteiger charge is 2.12. The van der Waals surface area contributed by atoms with Crippen LogP contribution in [0, 0.1) is 6.92 Å². The van der Waals surface area contributed by atoms with E-state index in [1.54, 1.807) is 14.2 Å². The quantitative estimate of drug-likeness (QED) is 0.511. The van der Waals surface area contributed by atoms with Gasteiger partial charge in [0.2, 0.25) is 5.95 Å². The van der Waals surface area contributed by atoms with Gasteiger partial charge < -0.3 is 14.8 Å². The van der Waals surface area contributed by atoms with E-state index in [0.717, 1.165) is 33.6 Å². The van der Waals surface area contributed by atoms with Gasteiger partial charge in [-0.15, -0.1) is 0 Å². The molecule has 28 heavy (non-hydrogen) atoms. The summed E-state index contributed by atoms with van der Waals surface area (Å²) >= 11 is 0. The molecule has 0 atom stereocenters. The molecule has 140 valence electrons. The van der Waals surface area contributed by atoms with Crippen molar-refractivity contribution in [2.45, 2.75) is 6.92 Å². The fourth-order valence-electron chi connectivity index (χ4n) is 3.15. The number of hydrogen-bond donors (Lipinski definition) is 1. The van der Waals surface area contributed by atoms with Gasteiger partial charge in [-0.25, -0.2) is 9.97 Å². The van der Waals surface area contributed by atoms with Crippen LogP contribution in [0.3, 0.4) is 0 Å². The first-order valence-electron chi connectivity index (χ1n) is 9.01. The maximum atomic E-state index is 5.46. The zero-order valence-corrected chi connectivity index (χ0v) is 16.1. The van der Waals surface area contributed by atoms with Crippen LogP contribution in [0.5, 0.6) is 11.5 Å².